The first-order chi connectivity index (χ1) is 13.0. The van der Waals surface area contributed by atoms with Crippen LogP contribution in [-0.2, 0) is 16.0 Å². The first-order valence-electron chi connectivity index (χ1n) is 8.40. The predicted molar refractivity (Wildman–Crippen MR) is 100 cm³/mol. The average molecular weight is 371 g/mol. The van der Waals surface area contributed by atoms with E-state index < -0.39 is 10.9 Å². The minimum Gasteiger partial charge on any atom is -0.469 e. The van der Waals surface area contributed by atoms with Crippen LogP contribution in [0.1, 0.15) is 12.0 Å². The molecule has 1 N–H and O–H groups in total. The van der Waals surface area contributed by atoms with E-state index in [1.165, 1.54) is 36.3 Å². The van der Waals surface area contributed by atoms with Gasteiger partial charge in [-0.1, -0.05) is 30.3 Å². The normalized spacial score (nSPS) is 10.1. The fourth-order valence-corrected chi connectivity index (χ4v) is 2.42. The van der Waals surface area contributed by atoms with Gasteiger partial charge in [-0.15, -0.1) is 0 Å². The van der Waals surface area contributed by atoms with Gasteiger partial charge in [-0.25, -0.2) is 4.79 Å². The second-order valence-electron chi connectivity index (χ2n) is 5.78. The molecule has 142 valence electrons. The van der Waals surface area contributed by atoms with Crippen molar-refractivity contribution < 1.29 is 19.2 Å². The lowest BCUT2D eigenvalue weighted by Gasteiger charge is -2.23. The average Bonchev–Trinajstić information content (AvgIpc) is 2.68. The van der Waals surface area contributed by atoms with Gasteiger partial charge in [0, 0.05) is 30.9 Å². The highest BCUT2D eigenvalue weighted by molar-refractivity contribution is 5.89. The Balaban J connectivity index is 2.02. The minimum absolute atomic E-state index is 0.0559. The highest BCUT2D eigenvalue weighted by atomic mass is 16.6. The number of hydrogen-bond donors (Lipinski definition) is 1. The predicted octanol–water partition coefficient (Wildman–Crippen LogP) is 3.23. The number of nitro benzene ring substituents is 1. The standard InChI is InChI=1S/C19H21N3O5/c1-27-18(23)12-14-21(13-11-15-5-3-2-4-6-15)19(24)20-16-7-9-17(10-8-16)22(25)26/h2-10H,11-14H2,1H3,(H,20,24). The van der Waals surface area contributed by atoms with E-state index in [2.05, 4.69) is 10.1 Å². The molecule has 0 saturated carbocycles. The summed E-state index contributed by atoms with van der Waals surface area (Å²) in [7, 11) is 1.30. The number of amides is 2. The molecule has 0 unspecified atom stereocenters. The van der Waals surface area contributed by atoms with Crippen molar-refractivity contribution in [2.75, 3.05) is 25.5 Å². The van der Waals surface area contributed by atoms with Gasteiger partial charge in [-0.05, 0) is 24.1 Å². The van der Waals surface area contributed by atoms with Gasteiger partial charge in [0.05, 0.1) is 18.5 Å². The highest BCUT2D eigenvalue weighted by Gasteiger charge is 2.16. The van der Waals surface area contributed by atoms with Crippen LogP contribution in [0.25, 0.3) is 0 Å². The van der Waals surface area contributed by atoms with Crippen molar-refractivity contribution in [1.29, 1.82) is 0 Å². The Morgan fingerprint density at radius 2 is 1.74 bits per heavy atom. The molecule has 0 spiro atoms. The number of anilines is 1. The molecular formula is C19H21N3O5. The van der Waals surface area contributed by atoms with Crippen LogP contribution in [-0.4, -0.2) is 42.0 Å². The molecule has 0 aliphatic carbocycles. The van der Waals surface area contributed by atoms with Crippen molar-refractivity contribution in [2.24, 2.45) is 0 Å². The van der Waals surface area contributed by atoms with Crippen LogP contribution in [0.15, 0.2) is 54.6 Å². The molecule has 0 aliphatic heterocycles. The van der Waals surface area contributed by atoms with E-state index in [-0.39, 0.29) is 24.7 Å². The Morgan fingerprint density at radius 1 is 1.07 bits per heavy atom. The SMILES string of the molecule is COC(=O)CCN(CCc1ccccc1)C(=O)Nc1ccc([N+](=O)[O-])cc1. The summed E-state index contributed by atoms with van der Waals surface area (Å²) in [5.74, 6) is -0.400. The number of carbonyl (C=O) groups is 2. The molecule has 0 bridgehead atoms. The van der Waals surface area contributed by atoms with Crippen LogP contribution in [0.3, 0.4) is 0 Å². The Bertz CT molecular complexity index is 778. The van der Waals surface area contributed by atoms with Crippen LogP contribution in [0.4, 0.5) is 16.2 Å². The summed E-state index contributed by atoms with van der Waals surface area (Å²) in [5.41, 5.74) is 1.46. The summed E-state index contributed by atoms with van der Waals surface area (Å²) < 4.78 is 4.64. The summed E-state index contributed by atoms with van der Waals surface area (Å²) in [4.78, 5) is 35.7. The van der Waals surface area contributed by atoms with Gasteiger partial charge in [0.1, 0.15) is 0 Å². The summed E-state index contributed by atoms with van der Waals surface area (Å²) >= 11 is 0. The second kappa shape index (κ2) is 9.91. The Hall–Kier alpha value is -3.42. The summed E-state index contributed by atoms with van der Waals surface area (Å²) in [6.07, 6.45) is 0.717. The molecule has 2 rings (SSSR count). The van der Waals surface area contributed by atoms with Gasteiger partial charge in [0.25, 0.3) is 5.69 Å². The van der Waals surface area contributed by atoms with Crippen LogP contribution < -0.4 is 5.32 Å². The first kappa shape index (κ1) is 19.9. The Kier molecular flexibility index (Phi) is 7.30. The number of methoxy groups -OCH3 is 1. The summed E-state index contributed by atoms with van der Waals surface area (Å²) in [6, 6.07) is 14.9. The molecule has 0 radical (unpaired) electrons. The number of non-ortho nitro benzene ring substituents is 1. The Labute approximate surface area is 156 Å². The van der Waals surface area contributed by atoms with E-state index in [4.69, 9.17) is 0 Å². The maximum absolute atomic E-state index is 12.6. The fourth-order valence-electron chi connectivity index (χ4n) is 2.42. The van der Waals surface area contributed by atoms with Gasteiger partial charge in [-0.2, -0.15) is 0 Å². The van der Waals surface area contributed by atoms with Crippen molar-refractivity contribution in [3.8, 4) is 0 Å². The fraction of sp³-hybridized carbons (Fsp3) is 0.263. The molecule has 0 saturated heterocycles. The molecule has 0 aromatic heterocycles. The van der Waals surface area contributed by atoms with E-state index in [1.54, 1.807) is 0 Å². The van der Waals surface area contributed by atoms with Crippen LogP contribution in [0.2, 0.25) is 0 Å². The van der Waals surface area contributed by atoms with Crippen molar-refractivity contribution in [3.63, 3.8) is 0 Å². The Morgan fingerprint density at radius 3 is 2.33 bits per heavy atom. The molecule has 8 heteroatoms. The molecule has 2 amide bonds. The number of rotatable bonds is 8. The number of carbonyl (C=O) groups excluding carboxylic acids is 2. The van der Waals surface area contributed by atoms with E-state index in [0.29, 0.717) is 18.7 Å². The van der Waals surface area contributed by atoms with E-state index in [0.717, 1.165) is 5.56 Å². The van der Waals surface area contributed by atoms with Crippen molar-refractivity contribution >= 4 is 23.4 Å². The van der Waals surface area contributed by atoms with Gasteiger partial charge in [0.2, 0.25) is 0 Å². The van der Waals surface area contributed by atoms with Crippen molar-refractivity contribution in [1.82, 2.24) is 4.90 Å². The zero-order valence-electron chi connectivity index (χ0n) is 15.0. The zero-order valence-corrected chi connectivity index (χ0v) is 15.0. The number of hydrogen-bond acceptors (Lipinski definition) is 5. The van der Waals surface area contributed by atoms with E-state index >= 15 is 0 Å². The number of nitro groups is 1. The molecule has 2 aromatic carbocycles. The third-order valence-electron chi connectivity index (χ3n) is 3.94. The summed E-state index contributed by atoms with van der Waals surface area (Å²) in [5, 5.41) is 13.4. The summed E-state index contributed by atoms with van der Waals surface area (Å²) in [6.45, 7) is 0.623. The number of urea groups is 1. The lowest BCUT2D eigenvalue weighted by Crippen LogP contribution is -2.38. The van der Waals surface area contributed by atoms with Gasteiger partial charge < -0.3 is 15.0 Å². The first-order valence-corrected chi connectivity index (χ1v) is 8.40. The highest BCUT2D eigenvalue weighted by Crippen LogP contribution is 2.16. The number of esters is 1. The van der Waals surface area contributed by atoms with Crippen molar-refractivity contribution in [2.45, 2.75) is 12.8 Å². The second-order valence-corrected chi connectivity index (χ2v) is 5.78. The van der Waals surface area contributed by atoms with E-state index in [9.17, 15) is 19.7 Å². The number of benzene rings is 2. The molecule has 0 atom stereocenters. The molecule has 2 aromatic rings. The molecular weight excluding hydrogens is 350 g/mol. The third-order valence-corrected chi connectivity index (χ3v) is 3.94. The molecule has 8 nitrogen and oxygen atoms in total. The van der Waals surface area contributed by atoms with Crippen LogP contribution >= 0.6 is 0 Å². The van der Waals surface area contributed by atoms with E-state index in [1.807, 2.05) is 30.3 Å². The maximum Gasteiger partial charge on any atom is 0.321 e. The largest absolute Gasteiger partial charge is 0.469 e. The smallest absolute Gasteiger partial charge is 0.321 e. The third kappa shape index (κ3) is 6.43. The number of ether oxygens (including phenoxy) is 1. The van der Waals surface area contributed by atoms with Crippen LogP contribution in [0, 0.1) is 10.1 Å². The van der Waals surface area contributed by atoms with Gasteiger partial charge >= 0.3 is 12.0 Å². The number of nitrogens with one attached hydrogen (secondary N) is 1. The topological polar surface area (TPSA) is 102 Å². The molecule has 0 fully saturated rings. The van der Waals surface area contributed by atoms with Gasteiger partial charge in [-0.3, -0.25) is 14.9 Å². The number of nitrogens with zero attached hydrogens (tertiary/aromatic N) is 2. The lowest BCUT2D eigenvalue weighted by atomic mass is 10.1. The quantitative estimate of drug-likeness (QED) is 0.436. The van der Waals surface area contributed by atoms with Gasteiger partial charge in [0.15, 0.2) is 0 Å². The van der Waals surface area contributed by atoms with Crippen LogP contribution in [0.5, 0.6) is 0 Å². The molecule has 0 aliphatic rings. The van der Waals surface area contributed by atoms with Crippen molar-refractivity contribution in [3.05, 3.63) is 70.3 Å². The monoisotopic (exact) mass is 371 g/mol. The minimum atomic E-state index is -0.506. The maximum atomic E-state index is 12.6. The molecule has 0 heterocycles. The zero-order chi connectivity index (χ0) is 19.6. The molecule has 27 heavy (non-hydrogen) atoms. The lowest BCUT2D eigenvalue weighted by molar-refractivity contribution is -0.384.